The molecule has 0 saturated carbocycles. The van der Waals surface area contributed by atoms with Gasteiger partial charge in [0.15, 0.2) is 5.82 Å². The maximum absolute atomic E-state index is 13.4. The molecule has 150 valence electrons. The number of nitrogens with zero attached hydrogens (tertiary/aromatic N) is 3. The number of hydrogen-bond acceptors (Lipinski definition) is 6. The van der Waals surface area contributed by atoms with Gasteiger partial charge >= 0.3 is 0 Å². The SMILES string of the molecule is CCc1nnc2n1NC(c1ccc(F)cc1)C(C(=O)Nc1ccccc1OC)S2. The van der Waals surface area contributed by atoms with E-state index < -0.39 is 11.3 Å². The predicted octanol–water partition coefficient (Wildman–Crippen LogP) is 3.39. The van der Waals surface area contributed by atoms with Crippen LogP contribution in [-0.2, 0) is 11.2 Å². The zero-order chi connectivity index (χ0) is 20.4. The Hall–Kier alpha value is -3.07. The van der Waals surface area contributed by atoms with E-state index in [2.05, 4.69) is 20.9 Å². The average Bonchev–Trinajstić information content (AvgIpc) is 3.16. The van der Waals surface area contributed by atoms with E-state index in [9.17, 15) is 9.18 Å². The summed E-state index contributed by atoms with van der Waals surface area (Å²) < 4.78 is 20.6. The normalized spacial score (nSPS) is 17.9. The summed E-state index contributed by atoms with van der Waals surface area (Å²) in [4.78, 5) is 13.2. The van der Waals surface area contributed by atoms with E-state index in [1.807, 2.05) is 19.1 Å². The minimum atomic E-state index is -0.549. The molecular formula is C20H20FN5O2S. The van der Waals surface area contributed by atoms with Gasteiger partial charge in [0.2, 0.25) is 11.1 Å². The van der Waals surface area contributed by atoms with Crippen molar-refractivity contribution in [3.05, 3.63) is 65.7 Å². The number of aryl methyl sites for hydroxylation is 1. The Morgan fingerprint density at radius 3 is 2.72 bits per heavy atom. The number of carbonyl (C=O) groups excluding carboxylic acids is 1. The number of methoxy groups -OCH3 is 1. The molecule has 2 unspecified atom stereocenters. The van der Waals surface area contributed by atoms with E-state index in [0.29, 0.717) is 23.0 Å². The number of nitrogens with one attached hydrogen (secondary N) is 2. The second-order valence-corrected chi connectivity index (χ2v) is 7.58. The number of rotatable bonds is 5. The fourth-order valence-electron chi connectivity index (χ4n) is 3.20. The van der Waals surface area contributed by atoms with Crippen LogP contribution in [0.25, 0.3) is 0 Å². The summed E-state index contributed by atoms with van der Waals surface area (Å²) in [7, 11) is 1.55. The highest BCUT2D eigenvalue weighted by Crippen LogP contribution is 2.38. The number of ether oxygens (including phenoxy) is 1. The van der Waals surface area contributed by atoms with Crippen molar-refractivity contribution < 1.29 is 13.9 Å². The Morgan fingerprint density at radius 1 is 1.24 bits per heavy atom. The number of benzene rings is 2. The lowest BCUT2D eigenvalue weighted by molar-refractivity contribution is -0.116. The molecule has 4 rings (SSSR count). The molecular weight excluding hydrogens is 393 g/mol. The number of anilines is 1. The molecule has 2 atom stereocenters. The first kappa shape index (κ1) is 19.3. The Bertz CT molecular complexity index is 1020. The highest BCUT2D eigenvalue weighted by molar-refractivity contribution is 8.00. The van der Waals surface area contributed by atoms with Gasteiger partial charge < -0.3 is 15.5 Å². The molecule has 1 aromatic heterocycles. The molecule has 0 saturated heterocycles. The zero-order valence-corrected chi connectivity index (χ0v) is 16.7. The summed E-state index contributed by atoms with van der Waals surface area (Å²) in [5, 5.41) is 11.4. The van der Waals surface area contributed by atoms with Crippen molar-refractivity contribution in [1.82, 2.24) is 14.9 Å². The Balaban J connectivity index is 1.68. The first-order chi connectivity index (χ1) is 14.1. The Kier molecular flexibility index (Phi) is 5.39. The van der Waals surface area contributed by atoms with Crippen LogP contribution in [0.3, 0.4) is 0 Å². The van der Waals surface area contributed by atoms with Crippen LogP contribution in [0.1, 0.15) is 24.4 Å². The lowest BCUT2D eigenvalue weighted by atomic mass is 10.0. The highest BCUT2D eigenvalue weighted by atomic mass is 32.2. The Labute approximate surface area is 171 Å². The van der Waals surface area contributed by atoms with E-state index in [0.717, 1.165) is 11.4 Å². The fraction of sp³-hybridized carbons (Fsp3) is 0.250. The van der Waals surface area contributed by atoms with Crippen LogP contribution in [0, 0.1) is 5.82 Å². The summed E-state index contributed by atoms with van der Waals surface area (Å²) in [6.07, 6.45) is 0.689. The molecule has 0 aliphatic carbocycles. The molecule has 2 N–H and O–H groups in total. The van der Waals surface area contributed by atoms with Crippen LogP contribution >= 0.6 is 11.8 Å². The molecule has 0 bridgehead atoms. The smallest absolute Gasteiger partial charge is 0.240 e. The minimum Gasteiger partial charge on any atom is -0.495 e. The van der Waals surface area contributed by atoms with Crippen LogP contribution in [0.5, 0.6) is 5.75 Å². The number of thioether (sulfide) groups is 1. The van der Waals surface area contributed by atoms with E-state index in [4.69, 9.17) is 4.74 Å². The number of fused-ring (bicyclic) bond motifs is 1. The van der Waals surface area contributed by atoms with Crippen molar-refractivity contribution in [3.63, 3.8) is 0 Å². The molecule has 9 heteroatoms. The Morgan fingerprint density at radius 2 is 2.00 bits per heavy atom. The third kappa shape index (κ3) is 3.77. The third-order valence-electron chi connectivity index (χ3n) is 4.67. The second-order valence-electron chi connectivity index (χ2n) is 6.47. The van der Waals surface area contributed by atoms with Gasteiger partial charge in [-0.25, -0.2) is 9.07 Å². The number of hydrogen-bond donors (Lipinski definition) is 2. The molecule has 1 amide bonds. The third-order valence-corrected chi connectivity index (χ3v) is 5.89. The van der Waals surface area contributed by atoms with Crippen LogP contribution in [0.2, 0.25) is 0 Å². The molecule has 0 fully saturated rings. The van der Waals surface area contributed by atoms with E-state index in [1.165, 1.54) is 23.9 Å². The van der Waals surface area contributed by atoms with Gasteiger partial charge in [-0.05, 0) is 29.8 Å². The summed E-state index contributed by atoms with van der Waals surface area (Å²) >= 11 is 1.32. The average molecular weight is 413 g/mol. The molecule has 7 nitrogen and oxygen atoms in total. The molecule has 0 spiro atoms. The number of carbonyl (C=O) groups is 1. The molecule has 3 aromatic rings. The van der Waals surface area contributed by atoms with E-state index in [-0.39, 0.29) is 11.7 Å². The van der Waals surface area contributed by atoms with Crippen LogP contribution in [-0.4, -0.2) is 33.1 Å². The molecule has 2 aromatic carbocycles. The maximum atomic E-state index is 13.4. The number of aromatic nitrogens is 3. The van der Waals surface area contributed by atoms with E-state index in [1.54, 1.807) is 36.1 Å². The lowest BCUT2D eigenvalue weighted by Gasteiger charge is -2.33. The number of amides is 1. The molecule has 1 aliphatic rings. The monoisotopic (exact) mass is 413 g/mol. The van der Waals surface area contributed by atoms with Crippen molar-refractivity contribution in [1.29, 1.82) is 0 Å². The maximum Gasteiger partial charge on any atom is 0.240 e. The second kappa shape index (κ2) is 8.12. The van der Waals surface area contributed by atoms with Gasteiger partial charge in [-0.2, -0.15) is 0 Å². The first-order valence-electron chi connectivity index (χ1n) is 9.17. The topological polar surface area (TPSA) is 81.1 Å². The van der Waals surface area contributed by atoms with Crippen molar-refractivity contribution >= 4 is 23.4 Å². The quantitative estimate of drug-likeness (QED) is 0.667. The number of halogens is 1. The van der Waals surface area contributed by atoms with Crippen LogP contribution in [0.4, 0.5) is 10.1 Å². The van der Waals surface area contributed by atoms with Crippen LogP contribution < -0.4 is 15.5 Å². The van der Waals surface area contributed by atoms with Gasteiger partial charge in [-0.3, -0.25) is 4.79 Å². The van der Waals surface area contributed by atoms with Crippen molar-refractivity contribution in [2.45, 2.75) is 29.8 Å². The van der Waals surface area contributed by atoms with Gasteiger partial charge in [0.05, 0.1) is 18.8 Å². The fourth-order valence-corrected chi connectivity index (χ4v) is 4.30. The minimum absolute atomic E-state index is 0.214. The summed E-state index contributed by atoms with van der Waals surface area (Å²) in [5.74, 6) is 0.799. The standard InChI is InChI=1S/C20H20FN5O2S/c1-3-16-23-24-20-26(16)25-17(12-8-10-13(21)11-9-12)18(29-20)19(27)22-14-6-4-5-7-15(14)28-2/h4-11,17-18,25H,3H2,1-2H3,(H,22,27). The summed E-state index contributed by atoms with van der Waals surface area (Å²) in [5.41, 5.74) is 4.71. The zero-order valence-electron chi connectivity index (χ0n) is 15.9. The van der Waals surface area contributed by atoms with Gasteiger partial charge in [0.1, 0.15) is 16.8 Å². The van der Waals surface area contributed by atoms with Crippen molar-refractivity contribution in [2.24, 2.45) is 0 Å². The number of para-hydroxylation sites is 2. The molecule has 2 heterocycles. The lowest BCUT2D eigenvalue weighted by Crippen LogP contribution is -2.41. The summed E-state index contributed by atoms with van der Waals surface area (Å²) in [6.45, 7) is 1.98. The van der Waals surface area contributed by atoms with Crippen LogP contribution in [0.15, 0.2) is 53.7 Å². The molecule has 0 radical (unpaired) electrons. The molecule has 1 aliphatic heterocycles. The highest BCUT2D eigenvalue weighted by Gasteiger charge is 2.37. The largest absolute Gasteiger partial charge is 0.495 e. The van der Waals surface area contributed by atoms with Crippen molar-refractivity contribution in [3.8, 4) is 5.75 Å². The van der Waals surface area contributed by atoms with Crippen molar-refractivity contribution in [2.75, 3.05) is 17.9 Å². The first-order valence-corrected chi connectivity index (χ1v) is 10.1. The predicted molar refractivity (Wildman–Crippen MR) is 109 cm³/mol. The van der Waals surface area contributed by atoms with Gasteiger partial charge in [0, 0.05) is 6.42 Å². The van der Waals surface area contributed by atoms with Gasteiger partial charge in [0.25, 0.3) is 0 Å². The summed E-state index contributed by atoms with van der Waals surface area (Å²) in [6, 6.07) is 13.0. The van der Waals surface area contributed by atoms with Gasteiger partial charge in [-0.15, -0.1) is 10.2 Å². The van der Waals surface area contributed by atoms with Gasteiger partial charge in [-0.1, -0.05) is 43.0 Å². The molecule has 29 heavy (non-hydrogen) atoms. The van der Waals surface area contributed by atoms with E-state index >= 15 is 0 Å².